The van der Waals surface area contributed by atoms with E-state index < -0.39 is 0 Å². The number of imidazole rings is 1. The van der Waals surface area contributed by atoms with Crippen molar-refractivity contribution in [2.24, 2.45) is 0 Å². The van der Waals surface area contributed by atoms with Gasteiger partial charge in [-0.1, -0.05) is 12.1 Å². The normalized spacial score (nSPS) is 11.1. The summed E-state index contributed by atoms with van der Waals surface area (Å²) in [5, 5.41) is 3.81. The molecule has 0 radical (unpaired) electrons. The highest BCUT2D eigenvalue weighted by atomic mass is 32.1. The summed E-state index contributed by atoms with van der Waals surface area (Å²) in [6, 6.07) is 13.4. The molecule has 0 aliphatic rings. The Kier molecular flexibility index (Phi) is 3.08. The number of rotatable bonds is 3. The van der Waals surface area contributed by atoms with Crippen molar-refractivity contribution in [3.8, 4) is 0 Å². The number of carbonyl (C=O) groups excluding carboxylic acids is 1. The molecule has 0 spiro atoms. The molecule has 108 valence electrons. The first-order valence-corrected chi connectivity index (χ1v) is 7.67. The minimum atomic E-state index is -0.115. The fourth-order valence-electron chi connectivity index (χ4n) is 2.33. The van der Waals surface area contributed by atoms with Crippen LogP contribution in [0.3, 0.4) is 0 Å². The minimum Gasteiger partial charge on any atom is -0.346 e. The number of amides is 1. The Morgan fingerprint density at radius 1 is 1.18 bits per heavy atom. The number of nitrogens with zero attached hydrogens (tertiary/aromatic N) is 2. The molecule has 0 unspecified atom stereocenters. The Balaban J connectivity index is 1.51. The summed E-state index contributed by atoms with van der Waals surface area (Å²) in [6.45, 7) is 0.430. The molecule has 0 saturated carbocycles. The zero-order chi connectivity index (χ0) is 14.9. The fraction of sp³-hybridized carbons (Fsp3) is 0.0625. The van der Waals surface area contributed by atoms with Crippen molar-refractivity contribution in [2.75, 3.05) is 0 Å². The molecule has 0 aliphatic heterocycles. The number of nitrogens with one attached hydrogen (secondary N) is 2. The maximum Gasteiger partial charge on any atom is 0.251 e. The van der Waals surface area contributed by atoms with Gasteiger partial charge in [0.2, 0.25) is 0 Å². The van der Waals surface area contributed by atoms with Crippen LogP contribution in [0.4, 0.5) is 0 Å². The van der Waals surface area contributed by atoms with E-state index >= 15 is 0 Å². The second-order valence-corrected chi connectivity index (χ2v) is 6.01. The number of H-pyrrole nitrogens is 1. The third-order valence-corrected chi connectivity index (χ3v) is 4.46. The molecule has 0 bridgehead atoms. The van der Waals surface area contributed by atoms with Crippen LogP contribution in [0.2, 0.25) is 0 Å². The molecule has 0 atom stereocenters. The van der Waals surface area contributed by atoms with Gasteiger partial charge in [0, 0.05) is 5.56 Å². The Labute approximate surface area is 130 Å². The van der Waals surface area contributed by atoms with Crippen molar-refractivity contribution in [3.05, 3.63) is 59.4 Å². The maximum atomic E-state index is 12.2. The number of para-hydroxylation sites is 1. The lowest BCUT2D eigenvalue weighted by Gasteiger charge is -2.03. The second kappa shape index (κ2) is 5.23. The van der Waals surface area contributed by atoms with E-state index in [1.54, 1.807) is 29.8 Å². The third-order valence-electron chi connectivity index (χ3n) is 3.42. The van der Waals surface area contributed by atoms with Crippen LogP contribution in [-0.4, -0.2) is 20.9 Å². The van der Waals surface area contributed by atoms with E-state index in [4.69, 9.17) is 0 Å². The van der Waals surface area contributed by atoms with Crippen LogP contribution < -0.4 is 5.32 Å². The first kappa shape index (κ1) is 13.0. The van der Waals surface area contributed by atoms with Crippen LogP contribution >= 0.6 is 11.3 Å². The van der Waals surface area contributed by atoms with Gasteiger partial charge in [-0.05, 0) is 30.3 Å². The summed E-state index contributed by atoms with van der Waals surface area (Å²) in [7, 11) is 0. The van der Waals surface area contributed by atoms with Crippen molar-refractivity contribution >= 4 is 38.5 Å². The molecule has 2 aromatic heterocycles. The van der Waals surface area contributed by atoms with Crippen molar-refractivity contribution in [2.45, 2.75) is 6.54 Å². The average molecular weight is 308 g/mol. The van der Waals surface area contributed by atoms with Crippen LogP contribution in [0.15, 0.2) is 48.8 Å². The number of fused-ring (bicyclic) bond motifs is 2. The van der Waals surface area contributed by atoms with Gasteiger partial charge in [0.1, 0.15) is 5.01 Å². The number of thiazole rings is 1. The van der Waals surface area contributed by atoms with E-state index in [-0.39, 0.29) is 5.91 Å². The van der Waals surface area contributed by atoms with Gasteiger partial charge in [-0.25, -0.2) is 9.97 Å². The Morgan fingerprint density at radius 2 is 2.09 bits per heavy atom. The molecular formula is C16H12N4OS. The molecule has 5 nitrogen and oxygen atoms in total. The van der Waals surface area contributed by atoms with Gasteiger partial charge in [-0.3, -0.25) is 4.79 Å². The van der Waals surface area contributed by atoms with E-state index in [1.807, 2.05) is 30.3 Å². The minimum absolute atomic E-state index is 0.115. The zero-order valence-corrected chi connectivity index (χ0v) is 12.4. The topological polar surface area (TPSA) is 70.7 Å². The standard InChI is InChI=1S/C16H12N4OS/c21-16(10-5-6-11-13(7-10)19-9-18-11)17-8-15-20-12-3-1-2-4-14(12)22-15/h1-7,9H,8H2,(H,17,21)(H,18,19). The number of hydrogen-bond acceptors (Lipinski definition) is 4. The van der Waals surface area contributed by atoms with E-state index in [2.05, 4.69) is 20.3 Å². The molecule has 22 heavy (non-hydrogen) atoms. The van der Waals surface area contributed by atoms with Crippen LogP contribution in [0.5, 0.6) is 0 Å². The summed E-state index contributed by atoms with van der Waals surface area (Å²) in [6.07, 6.45) is 1.62. The van der Waals surface area contributed by atoms with E-state index in [1.165, 1.54) is 0 Å². The first-order valence-electron chi connectivity index (χ1n) is 6.85. The Bertz CT molecular complexity index is 939. The molecule has 2 heterocycles. The van der Waals surface area contributed by atoms with Crippen molar-refractivity contribution in [1.82, 2.24) is 20.3 Å². The molecular weight excluding hydrogens is 296 g/mol. The maximum absolute atomic E-state index is 12.2. The molecule has 1 amide bonds. The molecule has 0 saturated heterocycles. The number of hydrogen-bond donors (Lipinski definition) is 2. The van der Waals surface area contributed by atoms with E-state index in [0.717, 1.165) is 26.3 Å². The highest BCUT2D eigenvalue weighted by molar-refractivity contribution is 7.18. The molecule has 4 aromatic rings. The van der Waals surface area contributed by atoms with Crippen LogP contribution in [0.1, 0.15) is 15.4 Å². The molecule has 2 aromatic carbocycles. The number of benzene rings is 2. The van der Waals surface area contributed by atoms with Gasteiger partial charge < -0.3 is 10.3 Å². The first-order chi connectivity index (χ1) is 10.8. The predicted octanol–water partition coefficient (Wildman–Crippen LogP) is 3.10. The van der Waals surface area contributed by atoms with E-state index in [0.29, 0.717) is 12.1 Å². The Hall–Kier alpha value is -2.73. The summed E-state index contributed by atoms with van der Waals surface area (Å²) in [5.41, 5.74) is 3.28. The predicted molar refractivity (Wildman–Crippen MR) is 86.9 cm³/mol. The largest absolute Gasteiger partial charge is 0.346 e. The zero-order valence-electron chi connectivity index (χ0n) is 11.5. The SMILES string of the molecule is O=C(NCc1nc2ccccc2s1)c1ccc2nc[nH]c2c1. The van der Waals surface area contributed by atoms with Crippen LogP contribution in [-0.2, 0) is 6.54 Å². The van der Waals surface area contributed by atoms with Crippen molar-refractivity contribution in [3.63, 3.8) is 0 Å². The summed E-state index contributed by atoms with van der Waals surface area (Å²) in [5.74, 6) is -0.115. The average Bonchev–Trinajstić information content (AvgIpc) is 3.17. The lowest BCUT2D eigenvalue weighted by molar-refractivity contribution is 0.0951. The summed E-state index contributed by atoms with van der Waals surface area (Å²) in [4.78, 5) is 23.9. The van der Waals surface area contributed by atoms with Crippen LogP contribution in [0, 0.1) is 0 Å². The van der Waals surface area contributed by atoms with Gasteiger partial charge in [0.05, 0.1) is 34.1 Å². The van der Waals surface area contributed by atoms with Crippen molar-refractivity contribution in [1.29, 1.82) is 0 Å². The van der Waals surface area contributed by atoms with Crippen LogP contribution in [0.25, 0.3) is 21.3 Å². The highest BCUT2D eigenvalue weighted by Gasteiger charge is 2.09. The Morgan fingerprint density at radius 3 is 3.00 bits per heavy atom. The van der Waals surface area contributed by atoms with Crippen molar-refractivity contribution < 1.29 is 4.79 Å². The second-order valence-electron chi connectivity index (χ2n) is 4.89. The lowest BCUT2D eigenvalue weighted by atomic mass is 10.2. The molecule has 2 N–H and O–H groups in total. The van der Waals surface area contributed by atoms with Gasteiger partial charge >= 0.3 is 0 Å². The summed E-state index contributed by atoms with van der Waals surface area (Å²) < 4.78 is 1.13. The monoisotopic (exact) mass is 308 g/mol. The third kappa shape index (κ3) is 2.33. The van der Waals surface area contributed by atoms with Gasteiger partial charge in [-0.2, -0.15) is 0 Å². The molecule has 0 aliphatic carbocycles. The lowest BCUT2D eigenvalue weighted by Crippen LogP contribution is -2.22. The molecule has 4 rings (SSSR count). The van der Waals surface area contributed by atoms with E-state index in [9.17, 15) is 4.79 Å². The smallest absolute Gasteiger partial charge is 0.251 e. The number of carbonyl (C=O) groups is 1. The fourth-order valence-corrected chi connectivity index (χ4v) is 3.24. The number of aromatic nitrogens is 3. The molecule has 0 fully saturated rings. The highest BCUT2D eigenvalue weighted by Crippen LogP contribution is 2.21. The number of aromatic amines is 1. The van der Waals surface area contributed by atoms with Gasteiger partial charge in [-0.15, -0.1) is 11.3 Å². The van der Waals surface area contributed by atoms with Gasteiger partial charge in [0.15, 0.2) is 0 Å². The van der Waals surface area contributed by atoms with Gasteiger partial charge in [0.25, 0.3) is 5.91 Å². The summed E-state index contributed by atoms with van der Waals surface area (Å²) >= 11 is 1.60. The quantitative estimate of drug-likeness (QED) is 0.611. The molecule has 6 heteroatoms.